The lowest BCUT2D eigenvalue weighted by Crippen LogP contribution is -2.36. The zero-order valence-electron chi connectivity index (χ0n) is 11.0. The number of hydrogen-bond donors (Lipinski definition) is 1. The first-order valence-electron chi connectivity index (χ1n) is 5.73. The summed E-state index contributed by atoms with van der Waals surface area (Å²) in [5.74, 6) is -0.111. The molecule has 0 radical (unpaired) electrons. The summed E-state index contributed by atoms with van der Waals surface area (Å²) in [5, 5.41) is 2.60. The maximum absolute atomic E-state index is 12.1. The molecule has 0 saturated heterocycles. The van der Waals surface area contributed by atoms with Crippen molar-refractivity contribution in [3.8, 4) is 0 Å². The van der Waals surface area contributed by atoms with Crippen molar-refractivity contribution in [2.45, 2.75) is 6.92 Å². The zero-order chi connectivity index (χ0) is 14.6. The fourth-order valence-corrected chi connectivity index (χ4v) is 4.58. The average Bonchev–Trinajstić information content (AvgIpc) is 2.67. The van der Waals surface area contributed by atoms with E-state index in [4.69, 9.17) is 0 Å². The Morgan fingerprint density at radius 3 is 2.58 bits per heavy atom. The van der Waals surface area contributed by atoms with Crippen LogP contribution in [0.5, 0.6) is 0 Å². The molecule has 1 aromatic heterocycles. The van der Waals surface area contributed by atoms with Crippen LogP contribution >= 0.6 is 43.2 Å². The Labute approximate surface area is 133 Å². The van der Waals surface area contributed by atoms with Gasteiger partial charge in [-0.1, -0.05) is 6.92 Å². The van der Waals surface area contributed by atoms with Gasteiger partial charge in [0.25, 0.3) is 0 Å². The van der Waals surface area contributed by atoms with Gasteiger partial charge in [-0.2, -0.15) is 0 Å². The van der Waals surface area contributed by atoms with E-state index in [1.807, 2.05) is 24.9 Å². The van der Waals surface area contributed by atoms with Crippen LogP contribution in [0, 0.1) is 5.92 Å². The first-order valence-corrected chi connectivity index (χ1v) is 8.13. The molecule has 1 unspecified atom stereocenters. The summed E-state index contributed by atoms with van der Waals surface area (Å²) in [5.41, 5.74) is 0.677. The predicted molar refractivity (Wildman–Crippen MR) is 84.8 cm³/mol. The van der Waals surface area contributed by atoms with Gasteiger partial charge in [0.1, 0.15) is 0 Å². The Morgan fingerprint density at radius 1 is 1.47 bits per heavy atom. The minimum atomic E-state index is -0.138. The number of ketones is 1. The quantitative estimate of drug-likeness (QED) is 0.732. The number of amides is 1. The van der Waals surface area contributed by atoms with E-state index in [0.29, 0.717) is 18.7 Å². The molecule has 106 valence electrons. The van der Waals surface area contributed by atoms with E-state index in [2.05, 4.69) is 37.2 Å². The lowest BCUT2D eigenvalue weighted by molar-refractivity contribution is -0.124. The second-order valence-corrected chi connectivity index (χ2v) is 8.12. The molecular weight excluding hydrogens is 396 g/mol. The van der Waals surface area contributed by atoms with Crippen LogP contribution in [0.25, 0.3) is 0 Å². The number of carbonyl (C=O) groups excluding carboxylic acids is 2. The lowest BCUT2D eigenvalue weighted by atomic mass is 10.1. The molecule has 0 aliphatic heterocycles. The number of halogens is 2. The van der Waals surface area contributed by atoms with Crippen molar-refractivity contribution in [1.82, 2.24) is 10.2 Å². The number of rotatable bonds is 6. The van der Waals surface area contributed by atoms with Crippen LogP contribution in [0.15, 0.2) is 13.6 Å². The minimum Gasteiger partial charge on any atom is -0.359 e. The van der Waals surface area contributed by atoms with Crippen molar-refractivity contribution >= 4 is 54.9 Å². The van der Waals surface area contributed by atoms with Gasteiger partial charge < -0.3 is 5.32 Å². The van der Waals surface area contributed by atoms with Crippen molar-refractivity contribution in [1.29, 1.82) is 0 Å². The van der Waals surface area contributed by atoms with E-state index in [1.165, 1.54) is 11.3 Å². The third-order valence-corrected chi connectivity index (χ3v) is 4.99. The van der Waals surface area contributed by atoms with E-state index in [9.17, 15) is 9.59 Å². The Bertz CT molecular complexity index is 476. The van der Waals surface area contributed by atoms with Crippen LogP contribution < -0.4 is 5.32 Å². The number of nitrogens with zero attached hydrogens (tertiary/aromatic N) is 1. The Kier molecular flexibility index (Phi) is 6.65. The molecule has 4 nitrogen and oxygen atoms in total. The highest BCUT2D eigenvalue weighted by Gasteiger charge is 2.18. The fraction of sp³-hybridized carbons (Fsp3) is 0.500. The molecule has 0 aliphatic carbocycles. The van der Waals surface area contributed by atoms with Gasteiger partial charge in [0.15, 0.2) is 5.78 Å². The van der Waals surface area contributed by atoms with E-state index in [1.54, 1.807) is 7.05 Å². The molecule has 1 atom stereocenters. The van der Waals surface area contributed by atoms with Crippen LogP contribution in [-0.4, -0.2) is 43.8 Å². The predicted octanol–water partition coefficient (Wildman–Crippen LogP) is 2.77. The van der Waals surface area contributed by atoms with Crippen molar-refractivity contribution in [2.24, 2.45) is 5.92 Å². The summed E-state index contributed by atoms with van der Waals surface area (Å²) in [6.07, 6.45) is 0. The molecule has 1 aromatic rings. The molecule has 0 aromatic carbocycles. The van der Waals surface area contributed by atoms with Crippen LogP contribution in [0.2, 0.25) is 0 Å². The van der Waals surface area contributed by atoms with Gasteiger partial charge in [0.2, 0.25) is 5.91 Å². The number of Topliss-reactive ketones (excluding diaryl/α,β-unsaturated/α-hetero) is 1. The third-order valence-electron chi connectivity index (χ3n) is 2.65. The summed E-state index contributed by atoms with van der Waals surface area (Å²) in [7, 11) is 3.46. The van der Waals surface area contributed by atoms with Crippen LogP contribution in [0.1, 0.15) is 17.3 Å². The van der Waals surface area contributed by atoms with Gasteiger partial charge in [0, 0.05) is 25.1 Å². The summed E-state index contributed by atoms with van der Waals surface area (Å²) in [6, 6.07) is 1.81. The highest BCUT2D eigenvalue weighted by molar-refractivity contribution is 9.12. The molecule has 0 fully saturated rings. The fourth-order valence-electron chi connectivity index (χ4n) is 1.72. The molecule has 1 rings (SSSR count). The van der Waals surface area contributed by atoms with E-state index in [0.717, 1.165) is 7.57 Å². The highest BCUT2D eigenvalue weighted by Crippen LogP contribution is 2.32. The molecule has 0 saturated carbocycles. The SMILES string of the molecule is CNC(=O)C(C)CN(C)CC(=O)c1cc(Br)sc1Br. The van der Waals surface area contributed by atoms with Gasteiger partial charge in [-0.05, 0) is 45.0 Å². The minimum absolute atomic E-state index is 0.0150. The Balaban J connectivity index is 2.57. The summed E-state index contributed by atoms with van der Waals surface area (Å²) in [6.45, 7) is 2.69. The van der Waals surface area contributed by atoms with Crippen LogP contribution in [0.3, 0.4) is 0 Å². The number of carbonyl (C=O) groups is 2. The number of likely N-dealkylation sites (N-methyl/N-ethyl adjacent to an activating group) is 1. The number of thiophene rings is 1. The second kappa shape index (κ2) is 7.52. The van der Waals surface area contributed by atoms with E-state index in [-0.39, 0.29) is 17.6 Å². The van der Waals surface area contributed by atoms with Gasteiger partial charge in [-0.25, -0.2) is 0 Å². The monoisotopic (exact) mass is 410 g/mol. The third kappa shape index (κ3) is 4.98. The van der Waals surface area contributed by atoms with E-state index < -0.39 is 0 Å². The molecule has 1 N–H and O–H groups in total. The van der Waals surface area contributed by atoms with Crippen molar-refractivity contribution in [3.05, 3.63) is 19.2 Å². The lowest BCUT2D eigenvalue weighted by Gasteiger charge is -2.19. The molecule has 1 amide bonds. The molecular formula is C12H16Br2N2O2S. The molecule has 0 aliphatic rings. The van der Waals surface area contributed by atoms with Crippen LogP contribution in [-0.2, 0) is 4.79 Å². The van der Waals surface area contributed by atoms with Crippen molar-refractivity contribution in [3.63, 3.8) is 0 Å². The number of hydrogen-bond acceptors (Lipinski definition) is 4. The average molecular weight is 412 g/mol. The van der Waals surface area contributed by atoms with Crippen LogP contribution in [0.4, 0.5) is 0 Å². The first kappa shape index (κ1) is 16.8. The highest BCUT2D eigenvalue weighted by atomic mass is 79.9. The Hall–Kier alpha value is -0.240. The maximum Gasteiger partial charge on any atom is 0.223 e. The molecule has 19 heavy (non-hydrogen) atoms. The van der Waals surface area contributed by atoms with Gasteiger partial charge in [-0.3, -0.25) is 14.5 Å². The Morgan fingerprint density at radius 2 is 2.11 bits per heavy atom. The molecule has 1 heterocycles. The summed E-state index contributed by atoms with van der Waals surface area (Å²) >= 11 is 8.21. The smallest absolute Gasteiger partial charge is 0.223 e. The van der Waals surface area contributed by atoms with Crippen molar-refractivity contribution in [2.75, 3.05) is 27.2 Å². The van der Waals surface area contributed by atoms with Gasteiger partial charge >= 0.3 is 0 Å². The zero-order valence-corrected chi connectivity index (χ0v) is 15.0. The maximum atomic E-state index is 12.1. The second-order valence-electron chi connectivity index (χ2n) is 4.37. The summed E-state index contributed by atoms with van der Waals surface area (Å²) < 4.78 is 1.75. The first-order chi connectivity index (χ1) is 8.85. The normalized spacial score (nSPS) is 12.5. The molecule has 0 spiro atoms. The topological polar surface area (TPSA) is 49.4 Å². The van der Waals surface area contributed by atoms with Gasteiger partial charge in [-0.15, -0.1) is 11.3 Å². The molecule has 7 heteroatoms. The van der Waals surface area contributed by atoms with Gasteiger partial charge in [0.05, 0.1) is 14.1 Å². The number of nitrogens with one attached hydrogen (secondary N) is 1. The standard InChI is InChI=1S/C12H16Br2N2O2S/c1-7(12(18)15-2)5-16(3)6-9(17)8-4-10(13)19-11(8)14/h4,7H,5-6H2,1-3H3,(H,15,18). The van der Waals surface area contributed by atoms with E-state index >= 15 is 0 Å². The van der Waals surface area contributed by atoms with Crippen molar-refractivity contribution < 1.29 is 9.59 Å². The summed E-state index contributed by atoms with van der Waals surface area (Å²) in [4.78, 5) is 25.4. The molecule has 0 bridgehead atoms. The largest absolute Gasteiger partial charge is 0.359 e.